The molecule has 0 bridgehead atoms. The van der Waals surface area contributed by atoms with Crippen LogP contribution in [0.5, 0.6) is 0 Å². The summed E-state index contributed by atoms with van der Waals surface area (Å²) in [6.45, 7) is 0. The summed E-state index contributed by atoms with van der Waals surface area (Å²) in [5, 5.41) is 9.07. The van der Waals surface area contributed by atoms with Crippen LogP contribution < -0.4 is 11.3 Å². The number of carbonyl (C=O) groups excluding carboxylic acids is 1. The number of nitrogen functional groups attached to an aromatic ring is 1. The standard InChI is InChI=1S/C16H9F3N2O4S.ClH/c17-16(18,19)9-4-2-1-3-6(9)11(22)12-10(20)7-5-8(15(24)25)13(23)21-14(7)26-12;/h1-5H,20H2,(H,21,23)(H,24,25);1H. The average Bonchev–Trinajstić information content (AvgIpc) is 2.88. The van der Waals surface area contributed by atoms with Gasteiger partial charge in [0, 0.05) is 10.9 Å². The molecule has 11 heteroatoms. The number of nitrogens with two attached hydrogens (primary N) is 1. The number of carbonyl (C=O) groups is 2. The van der Waals surface area contributed by atoms with Gasteiger partial charge in [-0.05, 0) is 12.1 Å². The largest absolute Gasteiger partial charge is 0.477 e. The molecule has 0 atom stereocenters. The summed E-state index contributed by atoms with van der Waals surface area (Å²) in [7, 11) is 0. The summed E-state index contributed by atoms with van der Waals surface area (Å²) >= 11 is 0.690. The number of benzene rings is 1. The fourth-order valence-electron chi connectivity index (χ4n) is 2.45. The summed E-state index contributed by atoms with van der Waals surface area (Å²) in [5.74, 6) is -2.46. The first-order chi connectivity index (χ1) is 12.1. The van der Waals surface area contributed by atoms with Crippen molar-refractivity contribution in [2.75, 3.05) is 5.73 Å². The number of aromatic carboxylic acids is 1. The Hall–Kier alpha value is -2.85. The molecule has 27 heavy (non-hydrogen) atoms. The van der Waals surface area contributed by atoms with Crippen LogP contribution in [-0.2, 0) is 6.18 Å². The predicted molar refractivity (Wildman–Crippen MR) is 95.9 cm³/mol. The van der Waals surface area contributed by atoms with Crippen LogP contribution >= 0.6 is 23.7 Å². The molecule has 0 radical (unpaired) electrons. The molecule has 0 aliphatic heterocycles. The smallest absolute Gasteiger partial charge is 0.417 e. The van der Waals surface area contributed by atoms with Crippen LogP contribution in [-0.4, -0.2) is 21.8 Å². The van der Waals surface area contributed by atoms with Gasteiger partial charge in [-0.3, -0.25) is 9.59 Å². The molecule has 6 nitrogen and oxygen atoms in total. The topological polar surface area (TPSA) is 113 Å². The maximum absolute atomic E-state index is 13.1. The van der Waals surface area contributed by atoms with Crippen LogP contribution in [0.4, 0.5) is 18.9 Å². The molecular formula is C16H10ClF3N2O4S. The molecule has 1 aromatic carbocycles. The molecule has 0 spiro atoms. The normalized spacial score (nSPS) is 11.2. The van der Waals surface area contributed by atoms with Gasteiger partial charge in [0.2, 0.25) is 5.78 Å². The average molecular weight is 419 g/mol. The van der Waals surface area contributed by atoms with E-state index in [-0.39, 0.29) is 33.2 Å². The van der Waals surface area contributed by atoms with Crippen LogP contribution in [0, 0.1) is 0 Å². The molecule has 4 N–H and O–H groups in total. The minimum absolute atomic E-state index is 0. The number of H-pyrrole nitrogens is 1. The van der Waals surface area contributed by atoms with E-state index in [2.05, 4.69) is 4.98 Å². The molecule has 3 aromatic rings. The molecule has 0 saturated heterocycles. The highest BCUT2D eigenvalue weighted by Crippen LogP contribution is 2.37. The van der Waals surface area contributed by atoms with Crippen molar-refractivity contribution in [3.8, 4) is 0 Å². The van der Waals surface area contributed by atoms with E-state index in [9.17, 15) is 27.6 Å². The van der Waals surface area contributed by atoms with Gasteiger partial charge >= 0.3 is 12.1 Å². The second-order valence-corrected chi connectivity index (χ2v) is 6.30. The molecule has 0 saturated carbocycles. The number of anilines is 1. The molecule has 0 fully saturated rings. The van der Waals surface area contributed by atoms with Crippen LogP contribution in [0.3, 0.4) is 0 Å². The maximum atomic E-state index is 13.1. The molecule has 0 amide bonds. The van der Waals surface area contributed by atoms with Crippen LogP contribution in [0.2, 0.25) is 0 Å². The van der Waals surface area contributed by atoms with Gasteiger partial charge in [-0.25, -0.2) is 4.79 Å². The van der Waals surface area contributed by atoms with Gasteiger partial charge in [0.05, 0.1) is 11.3 Å². The van der Waals surface area contributed by atoms with Crippen molar-refractivity contribution in [2.45, 2.75) is 6.18 Å². The minimum Gasteiger partial charge on any atom is -0.477 e. The number of hydrogen-bond donors (Lipinski definition) is 3. The maximum Gasteiger partial charge on any atom is 0.417 e. The number of aromatic nitrogens is 1. The molecule has 0 aliphatic carbocycles. The Bertz CT molecular complexity index is 1120. The number of pyridine rings is 1. The van der Waals surface area contributed by atoms with Gasteiger partial charge in [-0.15, -0.1) is 23.7 Å². The Morgan fingerprint density at radius 2 is 1.78 bits per heavy atom. The summed E-state index contributed by atoms with van der Waals surface area (Å²) in [6.07, 6.45) is -4.73. The van der Waals surface area contributed by atoms with E-state index in [0.29, 0.717) is 11.3 Å². The number of ketones is 1. The third kappa shape index (κ3) is 3.53. The van der Waals surface area contributed by atoms with Crippen molar-refractivity contribution in [1.82, 2.24) is 4.98 Å². The third-order valence-corrected chi connectivity index (χ3v) is 4.79. The van der Waals surface area contributed by atoms with Gasteiger partial charge in [0.1, 0.15) is 15.3 Å². The van der Waals surface area contributed by atoms with Gasteiger partial charge in [-0.2, -0.15) is 13.2 Å². The van der Waals surface area contributed by atoms with Crippen LogP contribution in [0.15, 0.2) is 35.1 Å². The van der Waals surface area contributed by atoms with E-state index in [4.69, 9.17) is 10.8 Å². The van der Waals surface area contributed by atoms with E-state index in [0.717, 1.165) is 24.3 Å². The van der Waals surface area contributed by atoms with E-state index in [1.165, 1.54) is 6.07 Å². The molecular weight excluding hydrogens is 409 g/mol. The fourth-order valence-corrected chi connectivity index (χ4v) is 3.50. The molecule has 0 aliphatic rings. The number of aromatic amines is 1. The number of halogens is 4. The van der Waals surface area contributed by atoms with Crippen molar-refractivity contribution in [3.05, 3.63) is 62.3 Å². The highest BCUT2D eigenvalue weighted by molar-refractivity contribution is 7.21. The van der Waals surface area contributed by atoms with Gasteiger partial charge in [0.25, 0.3) is 5.56 Å². The van der Waals surface area contributed by atoms with E-state index in [1.807, 2.05) is 0 Å². The van der Waals surface area contributed by atoms with E-state index >= 15 is 0 Å². The van der Waals surface area contributed by atoms with Crippen molar-refractivity contribution in [3.63, 3.8) is 0 Å². The number of rotatable bonds is 3. The Labute approximate surface area is 158 Å². The number of carboxylic acids is 1. The molecule has 2 heterocycles. The second kappa shape index (κ2) is 7.05. The highest BCUT2D eigenvalue weighted by atomic mass is 35.5. The summed E-state index contributed by atoms with van der Waals surface area (Å²) in [4.78, 5) is 37.6. The second-order valence-electron chi connectivity index (χ2n) is 5.28. The monoisotopic (exact) mass is 418 g/mol. The zero-order valence-electron chi connectivity index (χ0n) is 13.1. The number of hydrogen-bond acceptors (Lipinski definition) is 5. The summed E-state index contributed by atoms with van der Waals surface area (Å²) < 4.78 is 39.4. The minimum atomic E-state index is -4.73. The first-order valence-electron chi connectivity index (χ1n) is 7.00. The predicted octanol–water partition coefficient (Wildman–Crippen LogP) is 3.54. The lowest BCUT2D eigenvalue weighted by Crippen LogP contribution is -2.16. The first-order valence-corrected chi connectivity index (χ1v) is 7.82. The van der Waals surface area contributed by atoms with Gasteiger partial charge in [-0.1, -0.05) is 18.2 Å². The number of alkyl halides is 3. The van der Waals surface area contributed by atoms with Gasteiger partial charge in [0.15, 0.2) is 0 Å². The Morgan fingerprint density at radius 3 is 2.37 bits per heavy atom. The number of fused-ring (bicyclic) bond motifs is 1. The zero-order valence-corrected chi connectivity index (χ0v) is 14.7. The van der Waals surface area contributed by atoms with Crippen molar-refractivity contribution >= 4 is 51.4 Å². The zero-order chi connectivity index (χ0) is 19.2. The summed E-state index contributed by atoms with van der Waals surface area (Å²) in [6, 6.07) is 5.25. The quantitative estimate of drug-likeness (QED) is 0.563. The first kappa shape index (κ1) is 20.5. The number of nitrogens with one attached hydrogen (secondary N) is 1. The lowest BCUT2D eigenvalue weighted by Gasteiger charge is -2.11. The van der Waals surface area contributed by atoms with Crippen LogP contribution in [0.25, 0.3) is 10.2 Å². The Kier molecular flexibility index (Phi) is 5.34. The fraction of sp³-hybridized carbons (Fsp3) is 0.0625. The molecule has 2 aromatic heterocycles. The molecule has 0 unspecified atom stereocenters. The Balaban J connectivity index is 0.00000261. The SMILES string of the molecule is Cl.Nc1c(C(=O)c2ccccc2C(F)(F)F)sc2[nH]c(=O)c(C(=O)O)cc12. The number of carboxylic acid groups (broad SMARTS) is 1. The number of thiophene rings is 1. The van der Waals surface area contributed by atoms with Crippen molar-refractivity contribution in [2.24, 2.45) is 0 Å². The molecule has 3 rings (SSSR count). The summed E-state index contributed by atoms with van der Waals surface area (Å²) in [5.41, 5.74) is 2.48. The van der Waals surface area contributed by atoms with E-state index in [1.54, 1.807) is 0 Å². The lowest BCUT2D eigenvalue weighted by molar-refractivity contribution is -0.137. The van der Waals surface area contributed by atoms with Crippen LogP contribution in [0.1, 0.15) is 31.2 Å². The lowest BCUT2D eigenvalue weighted by atomic mass is 10.0. The highest BCUT2D eigenvalue weighted by Gasteiger charge is 2.35. The third-order valence-electron chi connectivity index (χ3n) is 3.66. The Morgan fingerprint density at radius 1 is 1.15 bits per heavy atom. The van der Waals surface area contributed by atoms with Crippen molar-refractivity contribution in [1.29, 1.82) is 0 Å². The molecule has 142 valence electrons. The van der Waals surface area contributed by atoms with E-state index < -0.39 is 40.2 Å². The van der Waals surface area contributed by atoms with Gasteiger partial charge < -0.3 is 15.8 Å². The van der Waals surface area contributed by atoms with Crippen molar-refractivity contribution < 1.29 is 27.9 Å².